The van der Waals surface area contributed by atoms with Crippen LogP contribution in [0.2, 0.25) is 0 Å². The molecular weight excluding hydrogens is 176 g/mol. The SMILES string of the molecule is CCC1CCCCN1CC(CO)NC. The van der Waals surface area contributed by atoms with E-state index in [1.54, 1.807) is 0 Å². The van der Waals surface area contributed by atoms with Crippen molar-refractivity contribution in [2.75, 3.05) is 26.7 Å². The average Bonchev–Trinajstić information content (AvgIpc) is 2.26. The van der Waals surface area contributed by atoms with Crippen LogP contribution in [-0.2, 0) is 0 Å². The quantitative estimate of drug-likeness (QED) is 0.690. The molecule has 0 saturated carbocycles. The van der Waals surface area contributed by atoms with Crippen LogP contribution in [-0.4, -0.2) is 48.8 Å². The Bertz CT molecular complexity index is 148. The standard InChI is InChI=1S/C11H24N2O/c1-3-11-6-4-5-7-13(11)8-10(9-14)12-2/h10-12,14H,3-9H2,1-2H3. The fourth-order valence-electron chi connectivity index (χ4n) is 2.29. The van der Waals surface area contributed by atoms with Gasteiger partial charge in [0.15, 0.2) is 0 Å². The van der Waals surface area contributed by atoms with E-state index < -0.39 is 0 Å². The van der Waals surface area contributed by atoms with Gasteiger partial charge in [-0.2, -0.15) is 0 Å². The number of rotatable bonds is 5. The Morgan fingerprint density at radius 2 is 2.29 bits per heavy atom. The summed E-state index contributed by atoms with van der Waals surface area (Å²) in [5.74, 6) is 0. The molecule has 3 heteroatoms. The highest BCUT2D eigenvalue weighted by Gasteiger charge is 2.22. The van der Waals surface area contributed by atoms with Crippen LogP contribution in [0.15, 0.2) is 0 Å². The lowest BCUT2D eigenvalue weighted by Gasteiger charge is -2.37. The predicted molar refractivity (Wildman–Crippen MR) is 59.4 cm³/mol. The molecule has 0 amide bonds. The minimum Gasteiger partial charge on any atom is -0.395 e. The van der Waals surface area contributed by atoms with E-state index in [-0.39, 0.29) is 12.6 Å². The van der Waals surface area contributed by atoms with Gasteiger partial charge in [0, 0.05) is 18.6 Å². The fourth-order valence-corrected chi connectivity index (χ4v) is 2.29. The Labute approximate surface area is 87.5 Å². The molecule has 84 valence electrons. The average molecular weight is 200 g/mol. The van der Waals surface area contributed by atoms with Crippen LogP contribution in [0.1, 0.15) is 32.6 Å². The number of likely N-dealkylation sites (N-methyl/N-ethyl adjacent to an activating group) is 1. The molecule has 2 atom stereocenters. The van der Waals surface area contributed by atoms with Gasteiger partial charge in [-0.1, -0.05) is 13.3 Å². The van der Waals surface area contributed by atoms with Crippen LogP contribution in [0.5, 0.6) is 0 Å². The number of nitrogens with zero attached hydrogens (tertiary/aromatic N) is 1. The van der Waals surface area contributed by atoms with Crippen molar-refractivity contribution < 1.29 is 5.11 Å². The molecule has 1 saturated heterocycles. The maximum absolute atomic E-state index is 9.13. The lowest BCUT2D eigenvalue weighted by Crippen LogP contribution is -2.48. The highest BCUT2D eigenvalue weighted by molar-refractivity contribution is 4.79. The molecule has 1 fully saturated rings. The van der Waals surface area contributed by atoms with Crippen molar-refractivity contribution in [1.82, 2.24) is 10.2 Å². The van der Waals surface area contributed by atoms with Gasteiger partial charge >= 0.3 is 0 Å². The molecule has 1 heterocycles. The number of aliphatic hydroxyl groups is 1. The molecule has 0 aromatic carbocycles. The Morgan fingerprint density at radius 1 is 1.50 bits per heavy atom. The Hall–Kier alpha value is -0.120. The molecule has 3 nitrogen and oxygen atoms in total. The summed E-state index contributed by atoms with van der Waals surface area (Å²) in [6.07, 6.45) is 5.26. The van der Waals surface area contributed by atoms with Crippen LogP contribution in [0.3, 0.4) is 0 Å². The van der Waals surface area contributed by atoms with Gasteiger partial charge < -0.3 is 10.4 Å². The fraction of sp³-hybridized carbons (Fsp3) is 1.00. The molecular formula is C11H24N2O. The van der Waals surface area contributed by atoms with Crippen molar-refractivity contribution in [2.24, 2.45) is 0 Å². The molecule has 0 aliphatic carbocycles. The lowest BCUT2D eigenvalue weighted by atomic mass is 9.99. The summed E-state index contributed by atoms with van der Waals surface area (Å²) in [4.78, 5) is 2.53. The molecule has 1 aliphatic heterocycles. The minimum atomic E-state index is 0.238. The number of hydrogen-bond acceptors (Lipinski definition) is 3. The molecule has 0 aromatic rings. The van der Waals surface area contributed by atoms with E-state index in [9.17, 15) is 0 Å². The summed E-state index contributed by atoms with van der Waals surface area (Å²) < 4.78 is 0. The van der Waals surface area contributed by atoms with Gasteiger partial charge in [-0.15, -0.1) is 0 Å². The van der Waals surface area contributed by atoms with Crippen molar-refractivity contribution in [1.29, 1.82) is 0 Å². The minimum absolute atomic E-state index is 0.238. The van der Waals surface area contributed by atoms with Crippen LogP contribution in [0.4, 0.5) is 0 Å². The second-order valence-corrected chi connectivity index (χ2v) is 4.22. The predicted octanol–water partition coefficient (Wildman–Crippen LogP) is 0.831. The van der Waals surface area contributed by atoms with Crippen LogP contribution < -0.4 is 5.32 Å². The monoisotopic (exact) mass is 200 g/mol. The number of hydrogen-bond donors (Lipinski definition) is 2. The van der Waals surface area contributed by atoms with E-state index in [2.05, 4.69) is 17.1 Å². The van der Waals surface area contributed by atoms with Gasteiger partial charge in [0.05, 0.1) is 6.61 Å². The first-order valence-corrected chi connectivity index (χ1v) is 5.84. The molecule has 0 spiro atoms. The van der Waals surface area contributed by atoms with Crippen molar-refractivity contribution in [3.63, 3.8) is 0 Å². The van der Waals surface area contributed by atoms with Gasteiger partial charge in [0.25, 0.3) is 0 Å². The topological polar surface area (TPSA) is 35.5 Å². The third-order valence-corrected chi connectivity index (χ3v) is 3.30. The first-order chi connectivity index (χ1) is 6.81. The molecule has 2 unspecified atom stereocenters. The van der Waals surface area contributed by atoms with Gasteiger partial charge in [0.2, 0.25) is 0 Å². The highest BCUT2D eigenvalue weighted by atomic mass is 16.3. The van der Waals surface area contributed by atoms with E-state index in [4.69, 9.17) is 5.11 Å². The van der Waals surface area contributed by atoms with Gasteiger partial charge in [-0.25, -0.2) is 0 Å². The van der Waals surface area contributed by atoms with Crippen molar-refractivity contribution >= 4 is 0 Å². The third kappa shape index (κ3) is 3.23. The molecule has 14 heavy (non-hydrogen) atoms. The summed E-state index contributed by atoms with van der Waals surface area (Å²) in [5, 5.41) is 12.3. The molecule has 0 radical (unpaired) electrons. The summed E-state index contributed by atoms with van der Waals surface area (Å²) >= 11 is 0. The molecule has 0 aromatic heterocycles. The Balaban J connectivity index is 2.39. The first kappa shape index (κ1) is 12.0. The Morgan fingerprint density at radius 3 is 2.86 bits per heavy atom. The second kappa shape index (κ2) is 6.38. The Kier molecular flexibility index (Phi) is 5.45. The highest BCUT2D eigenvalue weighted by Crippen LogP contribution is 2.19. The number of aliphatic hydroxyl groups excluding tert-OH is 1. The number of nitrogens with one attached hydrogen (secondary N) is 1. The molecule has 0 bridgehead atoms. The van der Waals surface area contributed by atoms with E-state index in [1.807, 2.05) is 7.05 Å². The van der Waals surface area contributed by atoms with Crippen molar-refractivity contribution in [3.05, 3.63) is 0 Å². The zero-order valence-electron chi connectivity index (χ0n) is 9.50. The van der Waals surface area contributed by atoms with Crippen molar-refractivity contribution in [3.8, 4) is 0 Å². The third-order valence-electron chi connectivity index (χ3n) is 3.30. The number of piperidine rings is 1. The van der Waals surface area contributed by atoms with Crippen LogP contribution in [0, 0.1) is 0 Å². The molecule has 2 N–H and O–H groups in total. The van der Waals surface area contributed by atoms with E-state index in [0.29, 0.717) is 0 Å². The second-order valence-electron chi connectivity index (χ2n) is 4.22. The smallest absolute Gasteiger partial charge is 0.0597 e. The van der Waals surface area contributed by atoms with Crippen molar-refractivity contribution in [2.45, 2.75) is 44.7 Å². The van der Waals surface area contributed by atoms with Gasteiger partial charge in [-0.05, 0) is 32.9 Å². The van der Waals surface area contributed by atoms with Crippen LogP contribution in [0.25, 0.3) is 0 Å². The van der Waals surface area contributed by atoms with E-state index in [1.165, 1.54) is 32.2 Å². The first-order valence-electron chi connectivity index (χ1n) is 5.84. The van der Waals surface area contributed by atoms with Gasteiger partial charge in [0.1, 0.15) is 0 Å². The lowest BCUT2D eigenvalue weighted by molar-refractivity contribution is 0.113. The summed E-state index contributed by atoms with van der Waals surface area (Å²) in [6, 6.07) is 0.980. The molecule has 1 rings (SSSR count). The van der Waals surface area contributed by atoms with E-state index >= 15 is 0 Å². The summed E-state index contributed by atoms with van der Waals surface area (Å²) in [6.45, 7) is 4.70. The molecule has 1 aliphatic rings. The largest absolute Gasteiger partial charge is 0.395 e. The number of likely N-dealkylation sites (tertiary alicyclic amines) is 1. The van der Waals surface area contributed by atoms with Gasteiger partial charge in [-0.3, -0.25) is 4.90 Å². The summed E-state index contributed by atoms with van der Waals surface area (Å²) in [7, 11) is 1.92. The normalized spacial score (nSPS) is 26.4. The van der Waals surface area contributed by atoms with Crippen LogP contribution >= 0.6 is 0 Å². The maximum atomic E-state index is 9.13. The zero-order chi connectivity index (χ0) is 10.4. The maximum Gasteiger partial charge on any atom is 0.0597 e. The zero-order valence-corrected chi connectivity index (χ0v) is 9.50. The summed E-state index contributed by atoms with van der Waals surface area (Å²) in [5.41, 5.74) is 0. The van der Waals surface area contributed by atoms with E-state index in [0.717, 1.165) is 12.6 Å².